The smallest absolute Gasteiger partial charge is 0.410 e. The molecule has 3 aliphatic rings. The Labute approximate surface area is 178 Å². The Bertz CT molecular complexity index is 711. The van der Waals surface area contributed by atoms with Crippen LogP contribution in [0.3, 0.4) is 0 Å². The van der Waals surface area contributed by atoms with Crippen LogP contribution in [-0.4, -0.2) is 79.1 Å². The molecule has 0 bridgehead atoms. The molecule has 2 N–H and O–H groups in total. The van der Waals surface area contributed by atoms with Crippen LogP contribution in [0.5, 0.6) is 0 Å². The Kier molecular flexibility index (Phi) is 6.86. The summed E-state index contributed by atoms with van der Waals surface area (Å²) >= 11 is 0. The highest BCUT2D eigenvalue weighted by Crippen LogP contribution is 2.35. The van der Waals surface area contributed by atoms with E-state index in [2.05, 4.69) is 21.6 Å². The van der Waals surface area contributed by atoms with Crippen molar-refractivity contribution < 1.29 is 19.1 Å². The highest BCUT2D eigenvalue weighted by molar-refractivity contribution is 5.87. The molecular weight excluding hydrogens is 386 g/mol. The Morgan fingerprint density at radius 3 is 2.63 bits per heavy atom. The summed E-state index contributed by atoms with van der Waals surface area (Å²) in [6, 6.07) is 0.651. The third kappa shape index (κ3) is 5.42. The van der Waals surface area contributed by atoms with E-state index in [0.29, 0.717) is 25.9 Å². The molecule has 0 radical (unpaired) electrons. The van der Waals surface area contributed by atoms with Crippen LogP contribution in [0, 0.1) is 22.7 Å². The van der Waals surface area contributed by atoms with Gasteiger partial charge in [-0.1, -0.05) is 13.8 Å². The Balaban J connectivity index is 1.61. The molecule has 0 spiro atoms. The molecular formula is C21H33N5O4. The number of nitriles is 1. The maximum Gasteiger partial charge on any atom is 0.410 e. The standard InChI is InChI=1S/C21H33N5O4/c1-21(2)11-17(19(28)24-15(12-22)10-14-4-7-23-18(14)27)26(13-21)20(29)30-16-5-8-25(3)9-6-16/h14-17H,4-11,13H2,1-3H3,(H,23,27)(H,24,28)/t14-,15-,17?/m0/s1. The van der Waals surface area contributed by atoms with E-state index in [4.69, 9.17) is 4.74 Å². The zero-order valence-corrected chi connectivity index (χ0v) is 18.1. The summed E-state index contributed by atoms with van der Waals surface area (Å²) in [5, 5.41) is 15.0. The van der Waals surface area contributed by atoms with E-state index in [0.717, 1.165) is 25.9 Å². The lowest BCUT2D eigenvalue weighted by Crippen LogP contribution is -2.50. The summed E-state index contributed by atoms with van der Waals surface area (Å²) in [5.74, 6) is -0.693. The van der Waals surface area contributed by atoms with Crippen molar-refractivity contribution in [1.29, 1.82) is 5.26 Å². The number of nitrogens with zero attached hydrogens (tertiary/aromatic N) is 3. The van der Waals surface area contributed by atoms with Crippen LogP contribution in [0.15, 0.2) is 0 Å². The third-order valence-electron chi connectivity index (χ3n) is 6.35. The summed E-state index contributed by atoms with van der Waals surface area (Å²) < 4.78 is 5.71. The molecule has 3 fully saturated rings. The van der Waals surface area contributed by atoms with E-state index in [1.807, 2.05) is 20.9 Å². The summed E-state index contributed by atoms with van der Waals surface area (Å²) in [5.41, 5.74) is -0.221. The van der Waals surface area contributed by atoms with Crippen LogP contribution < -0.4 is 10.6 Å². The topological polar surface area (TPSA) is 115 Å². The minimum Gasteiger partial charge on any atom is -0.446 e. The lowest BCUT2D eigenvalue weighted by Gasteiger charge is -2.31. The van der Waals surface area contributed by atoms with Crippen molar-refractivity contribution in [3.63, 3.8) is 0 Å². The van der Waals surface area contributed by atoms with Crippen molar-refractivity contribution in [1.82, 2.24) is 20.4 Å². The van der Waals surface area contributed by atoms with Crippen LogP contribution in [-0.2, 0) is 14.3 Å². The van der Waals surface area contributed by atoms with Gasteiger partial charge in [-0.3, -0.25) is 14.5 Å². The van der Waals surface area contributed by atoms with Gasteiger partial charge in [0.2, 0.25) is 11.8 Å². The van der Waals surface area contributed by atoms with E-state index in [1.54, 1.807) is 0 Å². The van der Waals surface area contributed by atoms with Gasteiger partial charge in [-0.2, -0.15) is 5.26 Å². The second kappa shape index (κ2) is 9.21. The highest BCUT2D eigenvalue weighted by Gasteiger charge is 2.45. The molecule has 3 saturated heterocycles. The number of amides is 3. The number of piperidine rings is 1. The predicted octanol–water partition coefficient (Wildman–Crippen LogP) is 0.852. The van der Waals surface area contributed by atoms with Crippen molar-refractivity contribution in [2.24, 2.45) is 11.3 Å². The normalized spacial score (nSPS) is 27.9. The van der Waals surface area contributed by atoms with E-state index >= 15 is 0 Å². The largest absolute Gasteiger partial charge is 0.446 e. The fraction of sp³-hybridized carbons (Fsp3) is 0.810. The Morgan fingerprint density at radius 1 is 1.33 bits per heavy atom. The van der Waals surface area contributed by atoms with Crippen molar-refractivity contribution in [3.8, 4) is 6.07 Å². The maximum atomic E-state index is 13.0. The second-order valence-corrected chi connectivity index (χ2v) is 9.60. The first-order valence-electron chi connectivity index (χ1n) is 10.8. The minimum atomic E-state index is -0.762. The van der Waals surface area contributed by atoms with Crippen molar-refractivity contribution in [3.05, 3.63) is 0 Å². The van der Waals surface area contributed by atoms with Gasteiger partial charge in [0.15, 0.2) is 0 Å². The minimum absolute atomic E-state index is 0.0742. The van der Waals surface area contributed by atoms with Gasteiger partial charge in [0.05, 0.1) is 6.07 Å². The number of hydrogen-bond acceptors (Lipinski definition) is 6. The lowest BCUT2D eigenvalue weighted by molar-refractivity contribution is -0.127. The summed E-state index contributed by atoms with van der Waals surface area (Å²) in [4.78, 5) is 41.4. The molecule has 0 aromatic rings. The van der Waals surface area contributed by atoms with Gasteiger partial charge in [-0.05, 0) is 44.6 Å². The second-order valence-electron chi connectivity index (χ2n) is 9.60. The molecule has 1 unspecified atom stereocenters. The van der Waals surface area contributed by atoms with Crippen molar-refractivity contribution >= 4 is 17.9 Å². The van der Waals surface area contributed by atoms with Crippen LogP contribution in [0.4, 0.5) is 4.79 Å². The number of ether oxygens (including phenoxy) is 1. The quantitative estimate of drug-likeness (QED) is 0.683. The molecule has 0 aromatic heterocycles. The Morgan fingerprint density at radius 2 is 2.03 bits per heavy atom. The molecule has 0 saturated carbocycles. The number of rotatable bonds is 5. The zero-order valence-electron chi connectivity index (χ0n) is 18.1. The van der Waals surface area contributed by atoms with Gasteiger partial charge in [0.1, 0.15) is 18.2 Å². The molecule has 9 heteroatoms. The average Bonchev–Trinajstić information content (AvgIpc) is 3.25. The van der Waals surface area contributed by atoms with E-state index in [9.17, 15) is 19.6 Å². The van der Waals surface area contributed by atoms with E-state index in [-0.39, 0.29) is 35.7 Å². The fourth-order valence-corrected chi connectivity index (χ4v) is 4.57. The number of carbonyl (C=O) groups excluding carboxylic acids is 3. The van der Waals surface area contributed by atoms with Crippen LogP contribution in [0.2, 0.25) is 0 Å². The molecule has 3 atom stereocenters. The molecule has 3 rings (SSSR count). The summed E-state index contributed by atoms with van der Waals surface area (Å²) in [6.45, 7) is 6.82. The first-order chi connectivity index (χ1) is 14.2. The molecule has 0 aliphatic carbocycles. The first-order valence-corrected chi connectivity index (χ1v) is 10.8. The number of carbonyl (C=O) groups is 3. The zero-order chi connectivity index (χ0) is 21.9. The third-order valence-corrected chi connectivity index (χ3v) is 6.35. The lowest BCUT2D eigenvalue weighted by atomic mass is 9.90. The van der Waals surface area contributed by atoms with Gasteiger partial charge < -0.3 is 20.3 Å². The van der Waals surface area contributed by atoms with E-state index < -0.39 is 18.2 Å². The van der Waals surface area contributed by atoms with E-state index in [1.165, 1.54) is 4.90 Å². The van der Waals surface area contributed by atoms with Crippen LogP contribution >= 0.6 is 0 Å². The number of hydrogen-bond donors (Lipinski definition) is 2. The van der Waals surface area contributed by atoms with Gasteiger partial charge in [0.25, 0.3) is 0 Å². The van der Waals surface area contributed by atoms with Gasteiger partial charge in [-0.15, -0.1) is 0 Å². The molecule has 3 amide bonds. The first kappa shape index (κ1) is 22.3. The molecule has 0 aromatic carbocycles. The van der Waals surface area contributed by atoms with Gasteiger partial charge in [-0.25, -0.2) is 4.79 Å². The van der Waals surface area contributed by atoms with Crippen molar-refractivity contribution in [2.45, 2.75) is 64.1 Å². The monoisotopic (exact) mass is 419 g/mol. The maximum absolute atomic E-state index is 13.0. The van der Waals surface area contributed by atoms with Gasteiger partial charge >= 0.3 is 6.09 Å². The SMILES string of the molecule is CN1CCC(OC(=O)N2CC(C)(C)CC2C(=O)N[C@H](C#N)C[C@@H]2CCNC2=O)CC1. The van der Waals surface area contributed by atoms with Crippen LogP contribution in [0.1, 0.15) is 46.0 Å². The predicted molar refractivity (Wildman–Crippen MR) is 109 cm³/mol. The molecule has 30 heavy (non-hydrogen) atoms. The van der Waals surface area contributed by atoms with Crippen molar-refractivity contribution in [2.75, 3.05) is 33.2 Å². The summed E-state index contributed by atoms with van der Waals surface area (Å²) in [7, 11) is 2.04. The Hall–Kier alpha value is -2.34. The molecule has 166 valence electrons. The fourth-order valence-electron chi connectivity index (χ4n) is 4.57. The average molecular weight is 420 g/mol. The van der Waals surface area contributed by atoms with Gasteiger partial charge in [0, 0.05) is 32.1 Å². The highest BCUT2D eigenvalue weighted by atomic mass is 16.6. The molecule has 3 aliphatic heterocycles. The molecule has 9 nitrogen and oxygen atoms in total. The summed E-state index contributed by atoms with van der Waals surface area (Å²) in [6.07, 6.45) is 2.44. The number of nitrogens with one attached hydrogen (secondary N) is 2. The van der Waals surface area contributed by atoms with Crippen LogP contribution in [0.25, 0.3) is 0 Å². The molecule has 3 heterocycles. The number of likely N-dealkylation sites (tertiary alicyclic amines) is 2.